The highest BCUT2D eigenvalue weighted by atomic mass is 16.7. The van der Waals surface area contributed by atoms with E-state index in [1.54, 1.807) is 6.92 Å². The molecule has 0 atom stereocenters. The molecule has 1 aliphatic carbocycles. The number of hydrogen-bond acceptors (Lipinski definition) is 7. The Bertz CT molecular complexity index is 884. The van der Waals surface area contributed by atoms with Gasteiger partial charge >= 0.3 is 17.7 Å². The Hall–Kier alpha value is -2.84. The van der Waals surface area contributed by atoms with Gasteiger partial charge in [-0.1, -0.05) is 19.3 Å². The van der Waals surface area contributed by atoms with Crippen molar-refractivity contribution in [3.63, 3.8) is 0 Å². The molecule has 1 fully saturated rings. The third-order valence-electron chi connectivity index (χ3n) is 4.23. The maximum absolute atomic E-state index is 12.3. The van der Waals surface area contributed by atoms with Gasteiger partial charge in [0.2, 0.25) is 5.71 Å². The van der Waals surface area contributed by atoms with Crippen molar-refractivity contribution >= 4 is 17.2 Å². The first-order chi connectivity index (χ1) is 12.1. The number of ether oxygens (including phenoxy) is 1. The Balaban J connectivity index is 1.85. The summed E-state index contributed by atoms with van der Waals surface area (Å²) in [6.45, 7) is 1.80. The third kappa shape index (κ3) is 3.98. The van der Waals surface area contributed by atoms with E-state index in [0.29, 0.717) is 17.9 Å². The van der Waals surface area contributed by atoms with Gasteiger partial charge in [-0.05, 0) is 31.2 Å². The molecule has 2 aromatic rings. The van der Waals surface area contributed by atoms with Crippen molar-refractivity contribution in [2.45, 2.75) is 39.0 Å². The molecule has 9 heteroatoms. The monoisotopic (exact) mass is 349 g/mol. The van der Waals surface area contributed by atoms with Crippen LogP contribution in [0.1, 0.15) is 38.2 Å². The highest BCUT2D eigenvalue weighted by Gasteiger charge is 2.19. The average molecular weight is 349 g/mol. The predicted octanol–water partition coefficient (Wildman–Crippen LogP) is 1.65. The topological polar surface area (TPSA) is 124 Å². The van der Waals surface area contributed by atoms with Gasteiger partial charge in [-0.15, -0.1) is 5.48 Å². The molecular formula is C16H19N3O6. The van der Waals surface area contributed by atoms with Crippen LogP contribution in [-0.4, -0.2) is 22.7 Å². The lowest BCUT2D eigenvalue weighted by atomic mass is 9.81. The lowest BCUT2D eigenvalue weighted by Crippen LogP contribution is -2.29. The normalized spacial score (nSPS) is 14.1. The van der Waals surface area contributed by atoms with Crippen LogP contribution in [0, 0.1) is 5.92 Å². The van der Waals surface area contributed by atoms with Crippen LogP contribution in [0.5, 0.6) is 6.01 Å². The van der Waals surface area contributed by atoms with E-state index >= 15 is 0 Å². The van der Waals surface area contributed by atoms with Crippen LogP contribution in [0.4, 0.5) is 4.79 Å². The van der Waals surface area contributed by atoms with Gasteiger partial charge in [-0.3, -0.25) is 9.78 Å². The fraction of sp³-hybridized carbons (Fsp3) is 0.500. The van der Waals surface area contributed by atoms with E-state index in [1.165, 1.54) is 25.3 Å². The van der Waals surface area contributed by atoms with Gasteiger partial charge in [-0.2, -0.15) is 4.98 Å². The fourth-order valence-electron chi connectivity index (χ4n) is 2.77. The molecule has 1 amide bonds. The number of rotatable bonds is 6. The lowest BCUT2D eigenvalue weighted by Gasteiger charge is -2.25. The number of aromatic amines is 1. The molecule has 1 aliphatic rings. The first kappa shape index (κ1) is 17.0. The first-order valence-electron chi connectivity index (χ1n) is 8.23. The average Bonchev–Trinajstić information content (AvgIpc) is 2.51. The standard InChI is InChI=1S/C16H19N3O6/c1-2-23-16(22)19-25-15-17-13(21)12-10(7-6-9-4-3-5-9)8-11(20)24-14(12)18-15/h8-9H,2-7H2,1H3,(H,19,22)(H,17,18,21). The number of hydrogen-bond donors (Lipinski definition) is 2. The molecule has 3 rings (SSSR count). The molecule has 2 heterocycles. The Morgan fingerprint density at radius 3 is 2.92 bits per heavy atom. The number of aromatic nitrogens is 2. The van der Waals surface area contributed by atoms with Crippen molar-refractivity contribution in [1.82, 2.24) is 15.4 Å². The lowest BCUT2D eigenvalue weighted by molar-refractivity contribution is 0.0992. The summed E-state index contributed by atoms with van der Waals surface area (Å²) in [5, 5.41) is 0.224. The van der Waals surface area contributed by atoms with Crippen LogP contribution in [0.2, 0.25) is 0 Å². The van der Waals surface area contributed by atoms with Gasteiger partial charge in [0.15, 0.2) is 0 Å². The van der Waals surface area contributed by atoms with Crippen LogP contribution >= 0.6 is 0 Å². The van der Waals surface area contributed by atoms with Crippen molar-refractivity contribution in [1.29, 1.82) is 0 Å². The maximum atomic E-state index is 12.3. The summed E-state index contributed by atoms with van der Waals surface area (Å²) in [5.74, 6) is 0.644. The zero-order chi connectivity index (χ0) is 17.8. The molecule has 0 spiro atoms. The molecule has 2 N–H and O–H groups in total. The van der Waals surface area contributed by atoms with Gasteiger partial charge in [0.1, 0.15) is 5.39 Å². The second-order valence-electron chi connectivity index (χ2n) is 5.90. The van der Waals surface area contributed by atoms with Gasteiger partial charge in [0, 0.05) is 6.07 Å². The number of H-pyrrole nitrogens is 1. The molecule has 0 unspecified atom stereocenters. The number of fused-ring (bicyclic) bond motifs is 1. The van der Waals surface area contributed by atoms with Crippen molar-refractivity contribution in [2.24, 2.45) is 5.92 Å². The van der Waals surface area contributed by atoms with Crippen LogP contribution < -0.4 is 21.5 Å². The largest absolute Gasteiger partial charge is 0.448 e. The second kappa shape index (κ2) is 7.37. The van der Waals surface area contributed by atoms with Crippen molar-refractivity contribution in [3.8, 4) is 6.01 Å². The number of hydroxylamine groups is 1. The summed E-state index contributed by atoms with van der Waals surface area (Å²) >= 11 is 0. The number of nitrogens with zero attached hydrogens (tertiary/aromatic N) is 1. The highest BCUT2D eigenvalue weighted by molar-refractivity contribution is 5.75. The number of nitrogens with one attached hydrogen (secondary N) is 2. The Kier molecular flexibility index (Phi) is 5.01. The molecule has 0 aliphatic heterocycles. The Morgan fingerprint density at radius 2 is 2.24 bits per heavy atom. The van der Waals surface area contributed by atoms with E-state index in [4.69, 9.17) is 9.25 Å². The highest BCUT2D eigenvalue weighted by Crippen LogP contribution is 2.31. The van der Waals surface area contributed by atoms with E-state index < -0.39 is 17.3 Å². The smallest absolute Gasteiger partial charge is 0.440 e. The van der Waals surface area contributed by atoms with Crippen molar-refractivity contribution in [3.05, 3.63) is 32.4 Å². The first-order valence-corrected chi connectivity index (χ1v) is 8.23. The van der Waals surface area contributed by atoms with E-state index in [1.807, 2.05) is 5.48 Å². The maximum Gasteiger partial charge on any atom is 0.440 e. The number of amides is 1. The number of carbonyl (C=O) groups excluding carboxylic acids is 1. The number of carbonyl (C=O) groups is 1. The molecule has 9 nitrogen and oxygen atoms in total. The second-order valence-corrected chi connectivity index (χ2v) is 5.90. The molecule has 0 radical (unpaired) electrons. The quantitative estimate of drug-likeness (QED) is 0.760. The van der Waals surface area contributed by atoms with Crippen LogP contribution in [0.15, 0.2) is 20.1 Å². The summed E-state index contributed by atoms with van der Waals surface area (Å²) in [6, 6.07) is 1.03. The van der Waals surface area contributed by atoms with Crippen LogP contribution in [0.25, 0.3) is 11.1 Å². The van der Waals surface area contributed by atoms with Crippen molar-refractivity contribution < 1.29 is 18.8 Å². The van der Waals surface area contributed by atoms with Gasteiger partial charge in [0.25, 0.3) is 5.56 Å². The Morgan fingerprint density at radius 1 is 1.44 bits per heavy atom. The molecule has 0 saturated heterocycles. The summed E-state index contributed by atoms with van der Waals surface area (Å²) in [5.41, 5.74) is 1.36. The Labute approximate surface area is 142 Å². The fourth-order valence-corrected chi connectivity index (χ4v) is 2.77. The molecule has 0 bridgehead atoms. The minimum absolute atomic E-state index is 0.125. The minimum atomic E-state index is -0.832. The van der Waals surface area contributed by atoms with Crippen molar-refractivity contribution in [2.75, 3.05) is 6.61 Å². The zero-order valence-electron chi connectivity index (χ0n) is 13.8. The molecule has 134 valence electrons. The summed E-state index contributed by atoms with van der Waals surface area (Å²) in [7, 11) is 0. The number of aryl methyl sites for hydroxylation is 1. The zero-order valence-corrected chi connectivity index (χ0v) is 13.8. The third-order valence-corrected chi connectivity index (χ3v) is 4.23. The minimum Gasteiger partial charge on any atom is -0.448 e. The predicted molar refractivity (Wildman–Crippen MR) is 87.3 cm³/mol. The SMILES string of the molecule is CCOC(=O)NOc1nc2oc(=O)cc(CCC3CCC3)c2c(=O)[nH]1. The van der Waals surface area contributed by atoms with E-state index in [9.17, 15) is 14.4 Å². The molecule has 0 aromatic carbocycles. The molecule has 1 saturated carbocycles. The van der Waals surface area contributed by atoms with E-state index in [2.05, 4.69) is 14.7 Å². The molecule has 25 heavy (non-hydrogen) atoms. The van der Waals surface area contributed by atoms with Gasteiger partial charge in [-0.25, -0.2) is 9.59 Å². The van der Waals surface area contributed by atoms with Crippen LogP contribution in [0.3, 0.4) is 0 Å². The van der Waals surface area contributed by atoms with E-state index in [0.717, 1.165) is 6.42 Å². The van der Waals surface area contributed by atoms with E-state index in [-0.39, 0.29) is 23.7 Å². The molecule has 2 aromatic heterocycles. The summed E-state index contributed by atoms with van der Waals surface area (Å²) < 4.78 is 9.64. The summed E-state index contributed by atoms with van der Waals surface area (Å²) in [4.78, 5) is 46.5. The van der Waals surface area contributed by atoms with Gasteiger partial charge < -0.3 is 14.0 Å². The summed E-state index contributed by atoms with van der Waals surface area (Å²) in [6.07, 6.45) is 4.30. The van der Waals surface area contributed by atoms with Crippen LogP contribution in [-0.2, 0) is 11.2 Å². The van der Waals surface area contributed by atoms with Gasteiger partial charge in [0.05, 0.1) is 6.61 Å². The molecular weight excluding hydrogens is 330 g/mol.